The van der Waals surface area contributed by atoms with Crippen LogP contribution in [0.3, 0.4) is 0 Å². The first-order chi connectivity index (χ1) is 9.53. The van der Waals surface area contributed by atoms with Crippen molar-refractivity contribution in [2.45, 2.75) is 60.0 Å². The van der Waals surface area contributed by atoms with Gasteiger partial charge in [0.1, 0.15) is 6.04 Å². The van der Waals surface area contributed by atoms with Gasteiger partial charge in [0.2, 0.25) is 0 Å². The van der Waals surface area contributed by atoms with Gasteiger partial charge in [-0.15, -0.1) is 0 Å². The zero-order chi connectivity index (χ0) is 16.0. The van der Waals surface area contributed by atoms with Gasteiger partial charge < -0.3 is 4.90 Å². The number of rotatable bonds is 0. The molecule has 0 aromatic heterocycles. The summed E-state index contributed by atoms with van der Waals surface area (Å²) in [4.78, 5) is 19.8. The van der Waals surface area contributed by atoms with E-state index in [4.69, 9.17) is 4.99 Å². The van der Waals surface area contributed by atoms with Crippen molar-refractivity contribution < 1.29 is 4.79 Å². The fourth-order valence-corrected chi connectivity index (χ4v) is 2.79. The number of anilines is 1. The standard InChI is InChI=1S/C18H26N2O/c1-12-13-10-8-9-11-14(13)20(18(5,6)7)16(21)15(19-12)17(2,3)4/h8-11,15H,1-7H3. The van der Waals surface area contributed by atoms with E-state index in [0.717, 1.165) is 17.0 Å². The lowest BCUT2D eigenvalue weighted by molar-refractivity contribution is -0.122. The molecular weight excluding hydrogens is 260 g/mol. The first kappa shape index (κ1) is 15.7. The second-order valence-electron chi connectivity index (χ2n) is 7.84. The molecule has 1 aromatic rings. The van der Waals surface area contributed by atoms with Crippen molar-refractivity contribution in [2.75, 3.05) is 4.90 Å². The molecule has 114 valence electrons. The summed E-state index contributed by atoms with van der Waals surface area (Å²) in [7, 11) is 0. The van der Waals surface area contributed by atoms with Crippen molar-refractivity contribution in [1.82, 2.24) is 0 Å². The molecule has 1 aliphatic rings. The Morgan fingerprint density at radius 2 is 1.62 bits per heavy atom. The molecule has 2 rings (SSSR count). The van der Waals surface area contributed by atoms with Crippen LogP contribution in [0.15, 0.2) is 29.3 Å². The molecule has 0 saturated heterocycles. The summed E-state index contributed by atoms with van der Waals surface area (Å²) in [6.45, 7) is 14.4. The van der Waals surface area contributed by atoms with Gasteiger partial charge in [0.15, 0.2) is 0 Å². The predicted octanol–water partition coefficient (Wildman–Crippen LogP) is 4.06. The van der Waals surface area contributed by atoms with E-state index < -0.39 is 0 Å². The first-order valence-electron chi connectivity index (χ1n) is 7.51. The smallest absolute Gasteiger partial charge is 0.252 e. The van der Waals surface area contributed by atoms with E-state index in [-0.39, 0.29) is 22.9 Å². The maximum absolute atomic E-state index is 13.2. The van der Waals surface area contributed by atoms with E-state index in [2.05, 4.69) is 41.5 Å². The molecule has 0 radical (unpaired) electrons. The van der Waals surface area contributed by atoms with Crippen LogP contribution in [-0.2, 0) is 4.79 Å². The van der Waals surface area contributed by atoms with E-state index >= 15 is 0 Å². The molecule has 3 nitrogen and oxygen atoms in total. The van der Waals surface area contributed by atoms with Crippen LogP contribution < -0.4 is 4.90 Å². The Hall–Kier alpha value is -1.64. The number of hydrogen-bond acceptors (Lipinski definition) is 2. The zero-order valence-corrected chi connectivity index (χ0v) is 14.2. The second-order valence-corrected chi connectivity index (χ2v) is 7.84. The highest BCUT2D eigenvalue weighted by Crippen LogP contribution is 2.35. The van der Waals surface area contributed by atoms with Crippen molar-refractivity contribution >= 4 is 17.3 Å². The average Bonchev–Trinajstić information content (AvgIpc) is 2.43. The topological polar surface area (TPSA) is 32.7 Å². The van der Waals surface area contributed by atoms with Crippen LogP contribution in [0.25, 0.3) is 0 Å². The predicted molar refractivity (Wildman–Crippen MR) is 89.1 cm³/mol. The highest BCUT2D eigenvalue weighted by molar-refractivity contribution is 6.12. The van der Waals surface area contributed by atoms with Crippen molar-refractivity contribution in [3.8, 4) is 0 Å². The highest BCUT2D eigenvalue weighted by Gasteiger charge is 2.41. The van der Waals surface area contributed by atoms with Crippen LogP contribution >= 0.6 is 0 Å². The van der Waals surface area contributed by atoms with Gasteiger partial charge in [-0.3, -0.25) is 9.79 Å². The molecule has 1 amide bonds. The molecule has 1 aromatic carbocycles. The summed E-state index contributed by atoms with van der Waals surface area (Å²) in [6.07, 6.45) is 0. The zero-order valence-electron chi connectivity index (χ0n) is 14.2. The lowest BCUT2D eigenvalue weighted by Crippen LogP contribution is -2.52. The quantitative estimate of drug-likeness (QED) is 0.708. The average molecular weight is 286 g/mol. The highest BCUT2D eigenvalue weighted by atomic mass is 16.2. The Bertz CT molecular complexity index is 588. The molecule has 0 spiro atoms. The van der Waals surface area contributed by atoms with Crippen LogP contribution in [0.2, 0.25) is 0 Å². The number of hydrogen-bond donors (Lipinski definition) is 0. The Balaban J connectivity index is 2.71. The molecular formula is C18H26N2O. The summed E-state index contributed by atoms with van der Waals surface area (Å²) in [5.74, 6) is 0.0827. The van der Waals surface area contributed by atoms with Gasteiger partial charge in [0.25, 0.3) is 5.91 Å². The maximum atomic E-state index is 13.2. The summed E-state index contributed by atoms with van der Waals surface area (Å²) < 4.78 is 0. The van der Waals surface area contributed by atoms with E-state index in [0.29, 0.717) is 0 Å². The Kier molecular flexibility index (Phi) is 3.73. The largest absolute Gasteiger partial charge is 0.305 e. The fourth-order valence-electron chi connectivity index (χ4n) is 2.79. The lowest BCUT2D eigenvalue weighted by Gasteiger charge is -2.39. The minimum Gasteiger partial charge on any atom is -0.305 e. The van der Waals surface area contributed by atoms with Crippen molar-refractivity contribution in [2.24, 2.45) is 10.4 Å². The number of aliphatic imine (C=N–C) groups is 1. The van der Waals surface area contributed by atoms with Gasteiger partial charge in [0, 0.05) is 16.8 Å². The van der Waals surface area contributed by atoms with Crippen LogP contribution in [0.4, 0.5) is 5.69 Å². The van der Waals surface area contributed by atoms with Crippen LogP contribution in [-0.4, -0.2) is 23.2 Å². The maximum Gasteiger partial charge on any atom is 0.252 e. The van der Waals surface area contributed by atoms with Gasteiger partial charge in [-0.25, -0.2) is 0 Å². The van der Waals surface area contributed by atoms with Crippen molar-refractivity contribution in [1.29, 1.82) is 0 Å². The van der Waals surface area contributed by atoms with Gasteiger partial charge in [0.05, 0.1) is 5.69 Å². The molecule has 0 fully saturated rings. The van der Waals surface area contributed by atoms with Gasteiger partial charge in [-0.1, -0.05) is 39.0 Å². The monoisotopic (exact) mass is 286 g/mol. The third kappa shape index (κ3) is 2.87. The number of benzene rings is 1. The molecule has 0 saturated carbocycles. The van der Waals surface area contributed by atoms with E-state index in [1.165, 1.54) is 0 Å². The molecule has 1 unspecified atom stereocenters. The number of para-hydroxylation sites is 1. The Morgan fingerprint density at radius 3 is 2.14 bits per heavy atom. The summed E-state index contributed by atoms with van der Waals surface area (Å²) in [5.41, 5.74) is 2.46. The number of benzodiazepines with no additional fused rings is 1. The van der Waals surface area contributed by atoms with E-state index in [1.54, 1.807) is 0 Å². The summed E-state index contributed by atoms with van der Waals surface area (Å²) >= 11 is 0. The number of nitrogens with zero attached hydrogens (tertiary/aromatic N) is 2. The summed E-state index contributed by atoms with van der Waals surface area (Å²) in [6, 6.07) is 7.69. The first-order valence-corrected chi connectivity index (χ1v) is 7.51. The normalized spacial score (nSPS) is 20.0. The molecule has 1 heterocycles. The molecule has 21 heavy (non-hydrogen) atoms. The third-order valence-electron chi connectivity index (χ3n) is 3.80. The molecule has 3 heteroatoms. The minimum absolute atomic E-state index is 0.0827. The van der Waals surface area contributed by atoms with Crippen LogP contribution in [0, 0.1) is 5.41 Å². The molecule has 0 aliphatic carbocycles. The van der Waals surface area contributed by atoms with E-state index in [1.807, 2.05) is 36.1 Å². The molecule has 0 bridgehead atoms. The SMILES string of the molecule is CC1=NC(C(C)(C)C)C(=O)N(C(C)(C)C)c2ccccc21. The van der Waals surface area contributed by atoms with Gasteiger partial charge in [-0.05, 0) is 39.2 Å². The van der Waals surface area contributed by atoms with Gasteiger partial charge >= 0.3 is 0 Å². The number of fused-ring (bicyclic) bond motifs is 1. The minimum atomic E-state index is -0.357. The number of carbonyl (C=O) groups excluding carboxylic acids is 1. The fraction of sp³-hybridized carbons (Fsp3) is 0.556. The third-order valence-corrected chi connectivity index (χ3v) is 3.80. The molecule has 0 N–H and O–H groups in total. The van der Waals surface area contributed by atoms with Crippen molar-refractivity contribution in [3.63, 3.8) is 0 Å². The number of carbonyl (C=O) groups is 1. The summed E-state index contributed by atoms with van der Waals surface area (Å²) in [5, 5.41) is 0. The molecule has 1 aliphatic heterocycles. The lowest BCUT2D eigenvalue weighted by atomic mass is 9.85. The number of amides is 1. The van der Waals surface area contributed by atoms with E-state index in [9.17, 15) is 4.79 Å². The van der Waals surface area contributed by atoms with Crippen LogP contribution in [0.1, 0.15) is 54.0 Å². The van der Waals surface area contributed by atoms with Gasteiger partial charge in [-0.2, -0.15) is 0 Å². The Labute approximate surface area is 128 Å². The second kappa shape index (κ2) is 4.97. The van der Waals surface area contributed by atoms with Crippen LogP contribution in [0.5, 0.6) is 0 Å². The molecule has 1 atom stereocenters. The van der Waals surface area contributed by atoms with Crippen molar-refractivity contribution in [3.05, 3.63) is 29.8 Å². The Morgan fingerprint density at radius 1 is 1.05 bits per heavy atom.